The van der Waals surface area contributed by atoms with Gasteiger partial charge in [0.25, 0.3) is 5.91 Å². The highest BCUT2D eigenvalue weighted by atomic mass is 32.2. The molecule has 2 fully saturated rings. The molecule has 0 bridgehead atoms. The summed E-state index contributed by atoms with van der Waals surface area (Å²) in [7, 11) is -2.12. The number of anilines is 1. The summed E-state index contributed by atoms with van der Waals surface area (Å²) >= 11 is 0. The minimum atomic E-state index is -3.68. The molecule has 1 amide bonds. The largest absolute Gasteiger partial charge is 0.373 e. The minimum Gasteiger partial charge on any atom is -0.373 e. The predicted octanol–water partition coefficient (Wildman–Crippen LogP) is 1.83. The van der Waals surface area contributed by atoms with E-state index < -0.39 is 10.0 Å². The van der Waals surface area contributed by atoms with Crippen molar-refractivity contribution >= 4 is 21.6 Å². The molecule has 7 nitrogen and oxygen atoms in total. The van der Waals surface area contributed by atoms with Crippen LogP contribution in [0.15, 0.2) is 23.1 Å². The Balaban J connectivity index is 1.97. The number of nitrogens with one attached hydrogen (secondary N) is 1. The summed E-state index contributed by atoms with van der Waals surface area (Å²) in [5.41, 5.74) is 1.21. The van der Waals surface area contributed by atoms with E-state index in [2.05, 4.69) is 10.2 Å². The van der Waals surface area contributed by atoms with E-state index in [1.807, 2.05) is 13.8 Å². The molecule has 0 aliphatic carbocycles. The molecule has 2 aliphatic heterocycles. The molecule has 3 rings (SSSR count). The van der Waals surface area contributed by atoms with Crippen LogP contribution in [0.25, 0.3) is 0 Å². The van der Waals surface area contributed by atoms with E-state index in [-0.39, 0.29) is 23.0 Å². The van der Waals surface area contributed by atoms with Gasteiger partial charge in [-0.1, -0.05) is 0 Å². The fraction of sp³-hybridized carbons (Fsp3) is 0.632. The van der Waals surface area contributed by atoms with Gasteiger partial charge < -0.3 is 15.0 Å². The molecule has 1 aromatic carbocycles. The van der Waals surface area contributed by atoms with Gasteiger partial charge in [-0.15, -0.1) is 0 Å². The van der Waals surface area contributed by atoms with Gasteiger partial charge in [-0.3, -0.25) is 4.79 Å². The van der Waals surface area contributed by atoms with Gasteiger partial charge in [0.05, 0.1) is 22.7 Å². The maximum absolute atomic E-state index is 13.2. The number of amides is 1. The fourth-order valence-corrected chi connectivity index (χ4v) is 5.50. The molecule has 0 radical (unpaired) electrons. The van der Waals surface area contributed by atoms with Gasteiger partial charge in [-0.2, -0.15) is 4.31 Å². The highest BCUT2D eigenvalue weighted by Crippen LogP contribution is 2.29. The summed E-state index contributed by atoms with van der Waals surface area (Å²) < 4.78 is 33.4. The average molecular weight is 396 g/mol. The molecule has 0 saturated carbocycles. The Hall–Kier alpha value is -1.64. The molecular formula is C19H29N3O4S. The maximum Gasteiger partial charge on any atom is 0.253 e. The number of benzene rings is 1. The molecule has 0 spiro atoms. The van der Waals surface area contributed by atoms with Crippen LogP contribution in [-0.4, -0.2) is 64.1 Å². The zero-order valence-electron chi connectivity index (χ0n) is 16.3. The van der Waals surface area contributed by atoms with Gasteiger partial charge in [-0.05, 0) is 51.3 Å². The van der Waals surface area contributed by atoms with Crippen LogP contribution in [0.1, 0.15) is 43.5 Å². The second kappa shape index (κ2) is 8.16. The standard InChI is InChI=1S/C19H29N3O4S/c1-14-12-22(13-15(2)26-14)27(24,25)16-7-8-18(17(11-16)19(23)20-3)21-9-5-4-6-10-21/h7-8,11,14-15H,4-6,9-10,12-13H2,1-3H3,(H,20,23)/t14-,15-/m1/s1. The zero-order valence-corrected chi connectivity index (χ0v) is 17.1. The first-order valence-corrected chi connectivity index (χ1v) is 11.0. The smallest absolute Gasteiger partial charge is 0.253 e. The number of piperidine rings is 1. The second-order valence-electron chi connectivity index (χ2n) is 7.39. The van der Waals surface area contributed by atoms with Crippen molar-refractivity contribution in [3.8, 4) is 0 Å². The number of hydrogen-bond acceptors (Lipinski definition) is 5. The first-order valence-electron chi connectivity index (χ1n) is 9.59. The third-order valence-electron chi connectivity index (χ3n) is 5.16. The minimum absolute atomic E-state index is 0.156. The number of sulfonamides is 1. The molecule has 2 heterocycles. The zero-order chi connectivity index (χ0) is 19.6. The van der Waals surface area contributed by atoms with Gasteiger partial charge in [0, 0.05) is 38.9 Å². The molecule has 2 aliphatic rings. The van der Waals surface area contributed by atoms with Crippen molar-refractivity contribution in [3.63, 3.8) is 0 Å². The van der Waals surface area contributed by atoms with E-state index in [0.29, 0.717) is 18.7 Å². The average Bonchev–Trinajstić information content (AvgIpc) is 2.66. The summed E-state index contributed by atoms with van der Waals surface area (Å²) in [5.74, 6) is -0.267. The summed E-state index contributed by atoms with van der Waals surface area (Å²) in [5, 5.41) is 2.64. The Bertz CT molecular complexity index is 780. The van der Waals surface area contributed by atoms with Crippen LogP contribution >= 0.6 is 0 Å². The van der Waals surface area contributed by atoms with E-state index in [1.165, 1.54) is 16.8 Å². The Morgan fingerprint density at radius 1 is 1.11 bits per heavy atom. The SMILES string of the molecule is CNC(=O)c1cc(S(=O)(=O)N2C[C@@H](C)O[C@H](C)C2)ccc1N1CCCCC1. The van der Waals surface area contributed by atoms with Gasteiger partial charge >= 0.3 is 0 Å². The normalized spacial score (nSPS) is 24.6. The van der Waals surface area contributed by atoms with Crippen molar-refractivity contribution in [3.05, 3.63) is 23.8 Å². The van der Waals surface area contributed by atoms with E-state index in [9.17, 15) is 13.2 Å². The molecule has 27 heavy (non-hydrogen) atoms. The Labute approximate surface area is 161 Å². The van der Waals surface area contributed by atoms with Gasteiger partial charge in [0.15, 0.2) is 0 Å². The van der Waals surface area contributed by atoms with E-state index in [4.69, 9.17) is 4.74 Å². The summed E-state index contributed by atoms with van der Waals surface area (Å²) in [6, 6.07) is 4.91. The summed E-state index contributed by atoms with van der Waals surface area (Å²) in [6.07, 6.45) is 3.03. The Kier molecular flexibility index (Phi) is 6.08. The van der Waals surface area contributed by atoms with E-state index in [0.717, 1.165) is 31.6 Å². The molecule has 0 unspecified atom stereocenters. The molecule has 8 heteroatoms. The monoisotopic (exact) mass is 395 g/mol. The first kappa shape index (κ1) is 20.1. The lowest BCUT2D eigenvalue weighted by molar-refractivity contribution is -0.0440. The Morgan fingerprint density at radius 3 is 2.33 bits per heavy atom. The number of nitrogens with zero attached hydrogens (tertiary/aromatic N) is 2. The molecule has 1 N–H and O–H groups in total. The number of rotatable bonds is 4. The van der Waals surface area contributed by atoms with Crippen molar-refractivity contribution in [1.29, 1.82) is 0 Å². The van der Waals surface area contributed by atoms with Crippen LogP contribution in [0.4, 0.5) is 5.69 Å². The van der Waals surface area contributed by atoms with Crippen LogP contribution in [0, 0.1) is 0 Å². The van der Waals surface area contributed by atoms with Crippen molar-refractivity contribution in [2.45, 2.75) is 50.2 Å². The predicted molar refractivity (Wildman–Crippen MR) is 105 cm³/mol. The summed E-state index contributed by atoms with van der Waals surface area (Å²) in [6.45, 7) is 6.13. The highest BCUT2D eigenvalue weighted by Gasteiger charge is 2.33. The van der Waals surface area contributed by atoms with Gasteiger partial charge in [0.2, 0.25) is 10.0 Å². The second-order valence-corrected chi connectivity index (χ2v) is 9.32. The fourth-order valence-electron chi connectivity index (χ4n) is 3.88. The molecule has 0 aromatic heterocycles. The van der Waals surface area contributed by atoms with Crippen molar-refractivity contribution < 1.29 is 17.9 Å². The maximum atomic E-state index is 13.2. The molecule has 1 aromatic rings. The molecule has 2 atom stereocenters. The lowest BCUT2D eigenvalue weighted by Gasteiger charge is -2.35. The number of carbonyl (C=O) groups excluding carboxylic acids is 1. The first-order chi connectivity index (χ1) is 12.8. The number of ether oxygens (including phenoxy) is 1. The third kappa shape index (κ3) is 4.28. The molecule has 150 valence electrons. The Morgan fingerprint density at radius 2 is 1.74 bits per heavy atom. The third-order valence-corrected chi connectivity index (χ3v) is 6.99. The number of carbonyl (C=O) groups is 1. The summed E-state index contributed by atoms with van der Waals surface area (Å²) in [4.78, 5) is 14.8. The van der Waals surface area contributed by atoms with Crippen molar-refractivity contribution in [2.75, 3.05) is 38.1 Å². The van der Waals surface area contributed by atoms with Crippen LogP contribution in [0.5, 0.6) is 0 Å². The van der Waals surface area contributed by atoms with Gasteiger partial charge in [0.1, 0.15) is 0 Å². The lowest BCUT2D eigenvalue weighted by Crippen LogP contribution is -2.48. The number of hydrogen-bond donors (Lipinski definition) is 1. The number of morpholine rings is 1. The topological polar surface area (TPSA) is 79.0 Å². The van der Waals surface area contributed by atoms with Crippen molar-refractivity contribution in [1.82, 2.24) is 9.62 Å². The molecular weight excluding hydrogens is 366 g/mol. The van der Waals surface area contributed by atoms with Crippen LogP contribution in [0.3, 0.4) is 0 Å². The van der Waals surface area contributed by atoms with Crippen LogP contribution in [-0.2, 0) is 14.8 Å². The molecule has 2 saturated heterocycles. The van der Waals surface area contributed by atoms with Crippen LogP contribution in [0.2, 0.25) is 0 Å². The quantitative estimate of drug-likeness (QED) is 0.842. The van der Waals surface area contributed by atoms with Crippen molar-refractivity contribution in [2.24, 2.45) is 0 Å². The highest BCUT2D eigenvalue weighted by molar-refractivity contribution is 7.89. The van der Waals surface area contributed by atoms with Gasteiger partial charge in [-0.25, -0.2) is 8.42 Å². The van der Waals surface area contributed by atoms with E-state index in [1.54, 1.807) is 19.2 Å². The van der Waals surface area contributed by atoms with E-state index >= 15 is 0 Å². The van der Waals surface area contributed by atoms with Crippen LogP contribution < -0.4 is 10.2 Å². The lowest BCUT2D eigenvalue weighted by atomic mass is 10.1.